The molecule has 0 bridgehead atoms. The number of rotatable bonds is 1. The van der Waals surface area contributed by atoms with Crippen molar-refractivity contribution in [3.8, 4) is 0 Å². The highest BCUT2D eigenvalue weighted by atomic mass is 32.2. The van der Waals surface area contributed by atoms with Crippen molar-refractivity contribution in [1.29, 1.82) is 0 Å². The van der Waals surface area contributed by atoms with Crippen molar-refractivity contribution >= 4 is 33.7 Å². The summed E-state index contributed by atoms with van der Waals surface area (Å²) in [7, 11) is -0.759. The van der Waals surface area contributed by atoms with Gasteiger partial charge in [-0.2, -0.15) is 0 Å². The van der Waals surface area contributed by atoms with Gasteiger partial charge in [0.05, 0.1) is 16.4 Å². The molecule has 1 heterocycles. The normalized spacial score (nSPS) is 12.8. The van der Waals surface area contributed by atoms with Gasteiger partial charge in [0.2, 0.25) is 0 Å². The molecule has 0 spiro atoms. The Kier molecular flexibility index (Phi) is 4.34. The van der Waals surface area contributed by atoms with Crippen LogP contribution in [0.5, 0.6) is 0 Å². The number of hydrogen-bond donors (Lipinski definition) is 0. The van der Waals surface area contributed by atoms with Crippen LogP contribution in [0.1, 0.15) is 6.92 Å². The molecule has 6 heteroatoms. The van der Waals surface area contributed by atoms with Gasteiger partial charge in [0, 0.05) is 0 Å². The van der Waals surface area contributed by atoms with Crippen LogP contribution < -0.4 is 0 Å². The predicted octanol–water partition coefficient (Wildman–Crippen LogP) is 3.38. The zero-order valence-corrected chi connectivity index (χ0v) is 13.5. The minimum Gasteiger partial charge on any atom is -0.453 e. The number of nitrogens with zero attached hydrogens (tertiary/aromatic N) is 2. The minimum atomic E-state index is -0.759. The molecule has 0 radical (unpaired) electrons. The maximum Gasteiger partial charge on any atom is 0.581 e. The molecule has 0 amide bonds. The molecule has 0 aliphatic carbocycles. The Morgan fingerprint density at radius 3 is 2.18 bits per heavy atom. The summed E-state index contributed by atoms with van der Waals surface area (Å²) in [6, 6.07) is 15.7. The Morgan fingerprint density at radius 2 is 1.68 bits per heavy atom. The van der Waals surface area contributed by atoms with Crippen LogP contribution in [0, 0.1) is 0 Å². The SMILES string of the molecule is CCOC(=O)C(=[N+]=[N-])[S+]1c2ccccc2Sc2ccccc21. The Morgan fingerprint density at radius 1 is 1.14 bits per heavy atom. The van der Waals surface area contributed by atoms with E-state index in [1.165, 1.54) is 0 Å². The molecule has 0 fully saturated rings. The number of carbonyl (C=O) groups is 1. The molecule has 0 N–H and O–H groups in total. The van der Waals surface area contributed by atoms with Gasteiger partial charge < -0.3 is 10.3 Å². The highest BCUT2D eigenvalue weighted by Gasteiger charge is 2.51. The van der Waals surface area contributed by atoms with Crippen LogP contribution in [0.3, 0.4) is 0 Å². The fraction of sp³-hybridized carbons (Fsp3) is 0.125. The number of fused-ring (bicyclic) bond motifs is 2. The van der Waals surface area contributed by atoms with Crippen molar-refractivity contribution in [3.63, 3.8) is 0 Å². The summed E-state index contributed by atoms with van der Waals surface area (Å²) in [5.41, 5.74) is 9.41. The Labute approximate surface area is 135 Å². The molecular weight excluding hydrogens is 316 g/mol. The van der Waals surface area contributed by atoms with Gasteiger partial charge in [-0.15, -0.1) is 4.79 Å². The maximum absolute atomic E-state index is 12.2. The molecule has 110 valence electrons. The van der Waals surface area contributed by atoms with Crippen LogP contribution in [0.4, 0.5) is 0 Å². The van der Waals surface area contributed by atoms with Gasteiger partial charge in [0.25, 0.3) is 0 Å². The highest BCUT2D eigenvalue weighted by Crippen LogP contribution is 2.45. The van der Waals surface area contributed by atoms with E-state index in [0.717, 1.165) is 19.6 Å². The molecule has 2 aromatic carbocycles. The molecular formula is C16H13N2O2S2+. The van der Waals surface area contributed by atoms with Gasteiger partial charge in [-0.1, -0.05) is 36.0 Å². The van der Waals surface area contributed by atoms with Crippen LogP contribution in [-0.2, 0) is 20.4 Å². The lowest BCUT2D eigenvalue weighted by atomic mass is 10.3. The third kappa shape index (κ3) is 2.57. The second kappa shape index (κ2) is 6.40. The number of benzene rings is 2. The van der Waals surface area contributed by atoms with Crippen molar-refractivity contribution in [2.75, 3.05) is 6.61 Å². The predicted molar refractivity (Wildman–Crippen MR) is 86.2 cm³/mol. The summed E-state index contributed by atoms with van der Waals surface area (Å²) >= 11 is 1.66. The molecule has 4 nitrogen and oxygen atoms in total. The van der Waals surface area contributed by atoms with Crippen molar-refractivity contribution < 1.29 is 14.3 Å². The van der Waals surface area contributed by atoms with Gasteiger partial charge in [-0.25, -0.2) is 4.79 Å². The van der Waals surface area contributed by atoms with Crippen LogP contribution >= 0.6 is 11.8 Å². The number of esters is 1. The van der Waals surface area contributed by atoms with Crippen LogP contribution in [-0.4, -0.2) is 22.4 Å². The van der Waals surface area contributed by atoms with Gasteiger partial charge >= 0.3 is 11.0 Å². The van der Waals surface area contributed by atoms with Crippen LogP contribution in [0.15, 0.2) is 68.1 Å². The lowest BCUT2D eigenvalue weighted by molar-refractivity contribution is -0.138. The summed E-state index contributed by atoms with van der Waals surface area (Å²) in [5.74, 6) is -0.579. The Hall–Kier alpha value is -2.01. The van der Waals surface area contributed by atoms with E-state index >= 15 is 0 Å². The second-order valence-corrected chi connectivity index (χ2v) is 7.39. The zero-order chi connectivity index (χ0) is 15.5. The van der Waals surface area contributed by atoms with Crippen LogP contribution in [0.2, 0.25) is 0 Å². The number of hydrogen-bond acceptors (Lipinski definition) is 3. The summed E-state index contributed by atoms with van der Waals surface area (Å²) in [5, 5.41) is 0.0436. The van der Waals surface area contributed by atoms with Gasteiger partial charge in [0.1, 0.15) is 0 Å². The summed E-state index contributed by atoms with van der Waals surface area (Å²) in [6.07, 6.45) is 0. The number of ether oxygens (including phenoxy) is 1. The third-order valence-electron chi connectivity index (χ3n) is 3.09. The summed E-state index contributed by atoms with van der Waals surface area (Å²) < 4.78 is 5.05. The molecule has 22 heavy (non-hydrogen) atoms. The third-order valence-corrected chi connectivity index (χ3v) is 6.73. The summed E-state index contributed by atoms with van der Waals surface area (Å²) in [4.78, 5) is 19.5. The van der Waals surface area contributed by atoms with E-state index in [0.29, 0.717) is 0 Å². The second-order valence-electron chi connectivity index (χ2n) is 4.43. The Bertz CT molecular complexity index is 740. The fourth-order valence-electron chi connectivity index (χ4n) is 2.21. The van der Waals surface area contributed by atoms with Crippen molar-refractivity contribution in [1.82, 2.24) is 0 Å². The maximum atomic E-state index is 12.2. The zero-order valence-electron chi connectivity index (χ0n) is 11.9. The molecule has 0 atom stereocenters. The lowest BCUT2D eigenvalue weighted by Crippen LogP contribution is -2.30. The first-order valence-corrected chi connectivity index (χ1v) is 8.79. The monoisotopic (exact) mass is 329 g/mol. The van der Waals surface area contributed by atoms with E-state index in [2.05, 4.69) is 4.79 Å². The van der Waals surface area contributed by atoms with Crippen LogP contribution in [0.25, 0.3) is 5.53 Å². The quantitative estimate of drug-likeness (QED) is 0.201. The van der Waals surface area contributed by atoms with Crippen molar-refractivity contribution in [2.24, 2.45) is 0 Å². The van der Waals surface area contributed by atoms with E-state index in [1.807, 2.05) is 48.5 Å². The minimum absolute atomic E-state index is 0.0436. The standard InChI is InChI=1S/C16H13N2O2S2/c1-2-20-16(19)15(18-17)22-13-9-5-3-7-11(13)21-12-8-4-6-10-14(12)22/h3-10H,2H2,1H3/q+1. The Balaban J connectivity index is 2.18. The van der Waals surface area contributed by atoms with Gasteiger partial charge in [-0.05, 0) is 31.2 Å². The van der Waals surface area contributed by atoms with Gasteiger partial charge in [0.15, 0.2) is 20.7 Å². The molecule has 2 aromatic rings. The average Bonchev–Trinajstić information content (AvgIpc) is 2.55. The van der Waals surface area contributed by atoms with E-state index in [9.17, 15) is 10.3 Å². The first-order valence-electron chi connectivity index (χ1n) is 6.75. The first kappa shape index (κ1) is 14.9. The number of carbonyl (C=O) groups excluding carboxylic acids is 1. The molecule has 0 unspecified atom stereocenters. The van der Waals surface area contributed by atoms with E-state index in [4.69, 9.17) is 4.74 Å². The van der Waals surface area contributed by atoms with E-state index in [-0.39, 0.29) is 11.7 Å². The molecule has 3 rings (SSSR count). The van der Waals surface area contributed by atoms with Gasteiger partial charge in [-0.3, -0.25) is 0 Å². The molecule has 1 aliphatic heterocycles. The average molecular weight is 329 g/mol. The van der Waals surface area contributed by atoms with E-state index in [1.54, 1.807) is 18.7 Å². The topological polar surface area (TPSA) is 62.7 Å². The van der Waals surface area contributed by atoms with Crippen molar-refractivity contribution in [2.45, 2.75) is 26.5 Å². The molecule has 0 saturated heterocycles. The fourth-order valence-corrected chi connectivity index (χ4v) is 5.76. The molecule has 0 saturated carbocycles. The smallest absolute Gasteiger partial charge is 0.453 e. The molecule has 0 aromatic heterocycles. The lowest BCUT2D eigenvalue weighted by Gasteiger charge is -2.15. The highest BCUT2D eigenvalue weighted by molar-refractivity contribution is 8.14. The van der Waals surface area contributed by atoms with E-state index < -0.39 is 16.9 Å². The summed E-state index contributed by atoms with van der Waals surface area (Å²) in [6.45, 7) is 1.97. The molecule has 1 aliphatic rings. The van der Waals surface area contributed by atoms with Crippen molar-refractivity contribution in [3.05, 3.63) is 54.1 Å². The largest absolute Gasteiger partial charge is 0.581 e. The first-order chi connectivity index (χ1) is 10.8.